The van der Waals surface area contributed by atoms with Crippen LogP contribution in [0.5, 0.6) is 0 Å². The molecule has 1 N–H and O–H groups in total. The zero-order chi connectivity index (χ0) is 8.97. The molecule has 0 fully saturated rings. The van der Waals surface area contributed by atoms with Crippen molar-refractivity contribution in [1.29, 1.82) is 5.26 Å². The number of nitriles is 1. The lowest BCUT2D eigenvalue weighted by Gasteiger charge is -2.02. The van der Waals surface area contributed by atoms with Crippen molar-refractivity contribution in [3.05, 3.63) is 21.3 Å². The topological polar surface area (TPSA) is 35.8 Å². The van der Waals surface area contributed by atoms with Gasteiger partial charge >= 0.3 is 0 Å². The van der Waals surface area contributed by atoms with Crippen molar-refractivity contribution in [2.75, 3.05) is 0 Å². The lowest BCUT2D eigenvalue weighted by molar-refractivity contribution is 0.648. The van der Waals surface area contributed by atoms with Crippen LogP contribution in [0.3, 0.4) is 0 Å². The third-order valence-electron chi connectivity index (χ3n) is 1.40. The molecular formula is C8H9ClN2S. The number of thiophene rings is 1. The Labute approximate surface area is 80.8 Å². The summed E-state index contributed by atoms with van der Waals surface area (Å²) in [6, 6.07) is 5.82. The molecule has 0 aliphatic carbocycles. The van der Waals surface area contributed by atoms with E-state index in [2.05, 4.69) is 11.4 Å². The van der Waals surface area contributed by atoms with Gasteiger partial charge in [0.1, 0.15) is 0 Å². The van der Waals surface area contributed by atoms with E-state index >= 15 is 0 Å². The van der Waals surface area contributed by atoms with Crippen LogP contribution in [-0.2, 0) is 6.54 Å². The smallest absolute Gasteiger partial charge is 0.0931 e. The van der Waals surface area contributed by atoms with Crippen LogP contribution in [-0.4, -0.2) is 6.04 Å². The number of hydrogen-bond donors (Lipinski definition) is 1. The summed E-state index contributed by atoms with van der Waals surface area (Å²) in [6.07, 6.45) is 0. The van der Waals surface area contributed by atoms with E-state index in [1.54, 1.807) is 0 Å². The highest BCUT2D eigenvalue weighted by Gasteiger charge is 2.00. The Morgan fingerprint density at radius 1 is 1.75 bits per heavy atom. The average Bonchev–Trinajstić information content (AvgIpc) is 2.47. The quantitative estimate of drug-likeness (QED) is 0.814. The van der Waals surface area contributed by atoms with E-state index in [4.69, 9.17) is 16.9 Å². The molecule has 0 amide bonds. The maximum absolute atomic E-state index is 8.48. The van der Waals surface area contributed by atoms with Crippen LogP contribution >= 0.6 is 22.9 Å². The molecule has 12 heavy (non-hydrogen) atoms. The van der Waals surface area contributed by atoms with E-state index in [0.29, 0.717) is 6.54 Å². The highest BCUT2D eigenvalue weighted by atomic mass is 35.5. The van der Waals surface area contributed by atoms with Crippen LogP contribution < -0.4 is 5.32 Å². The van der Waals surface area contributed by atoms with Gasteiger partial charge in [-0.25, -0.2) is 0 Å². The molecule has 1 heterocycles. The van der Waals surface area contributed by atoms with Gasteiger partial charge in [0.2, 0.25) is 0 Å². The van der Waals surface area contributed by atoms with Gasteiger partial charge in [-0.05, 0) is 19.1 Å². The van der Waals surface area contributed by atoms with Crippen molar-refractivity contribution < 1.29 is 0 Å². The summed E-state index contributed by atoms with van der Waals surface area (Å²) in [5, 5.41) is 11.5. The Morgan fingerprint density at radius 2 is 2.50 bits per heavy atom. The van der Waals surface area contributed by atoms with Gasteiger partial charge in [-0.15, -0.1) is 11.3 Å². The fourth-order valence-electron chi connectivity index (χ4n) is 0.746. The number of rotatable bonds is 3. The SMILES string of the molecule is CC(C#N)NCc1ccc(Cl)s1. The van der Waals surface area contributed by atoms with Crippen LogP contribution in [0.4, 0.5) is 0 Å². The van der Waals surface area contributed by atoms with E-state index < -0.39 is 0 Å². The first-order chi connectivity index (χ1) is 5.72. The molecule has 0 aromatic carbocycles. The van der Waals surface area contributed by atoms with Crippen LogP contribution in [0.2, 0.25) is 4.34 Å². The van der Waals surface area contributed by atoms with Crippen molar-refractivity contribution in [2.24, 2.45) is 0 Å². The number of hydrogen-bond acceptors (Lipinski definition) is 3. The zero-order valence-corrected chi connectivity index (χ0v) is 8.25. The second kappa shape index (κ2) is 4.46. The molecule has 2 nitrogen and oxygen atoms in total. The molecule has 64 valence electrons. The van der Waals surface area contributed by atoms with Gasteiger partial charge in [-0.3, -0.25) is 5.32 Å². The van der Waals surface area contributed by atoms with E-state index in [1.165, 1.54) is 11.3 Å². The van der Waals surface area contributed by atoms with Gasteiger partial charge in [0.15, 0.2) is 0 Å². The Hall–Kier alpha value is -0.560. The van der Waals surface area contributed by atoms with Gasteiger partial charge in [-0.2, -0.15) is 5.26 Å². The lowest BCUT2D eigenvalue weighted by Crippen LogP contribution is -2.22. The van der Waals surface area contributed by atoms with E-state index in [9.17, 15) is 0 Å². The highest BCUT2D eigenvalue weighted by Crippen LogP contribution is 2.20. The summed E-state index contributed by atoms with van der Waals surface area (Å²) >= 11 is 7.27. The second-order valence-electron chi connectivity index (χ2n) is 2.44. The minimum atomic E-state index is -0.106. The molecule has 0 aliphatic heterocycles. The fourth-order valence-corrected chi connectivity index (χ4v) is 1.78. The molecule has 1 unspecified atom stereocenters. The average molecular weight is 201 g/mol. The molecule has 4 heteroatoms. The number of nitrogens with zero attached hydrogens (tertiary/aromatic N) is 1. The Morgan fingerprint density at radius 3 is 3.00 bits per heavy atom. The molecule has 1 aromatic rings. The monoisotopic (exact) mass is 200 g/mol. The summed E-state index contributed by atoms with van der Waals surface area (Å²) < 4.78 is 0.788. The van der Waals surface area contributed by atoms with Crippen LogP contribution in [0.1, 0.15) is 11.8 Å². The molecule has 1 rings (SSSR count). The fraction of sp³-hybridized carbons (Fsp3) is 0.375. The first-order valence-electron chi connectivity index (χ1n) is 3.59. The third-order valence-corrected chi connectivity index (χ3v) is 2.64. The van der Waals surface area contributed by atoms with Crippen LogP contribution in [0.25, 0.3) is 0 Å². The number of halogens is 1. The summed E-state index contributed by atoms with van der Waals surface area (Å²) in [4.78, 5) is 1.15. The summed E-state index contributed by atoms with van der Waals surface area (Å²) in [6.45, 7) is 2.54. The second-order valence-corrected chi connectivity index (χ2v) is 4.24. The van der Waals surface area contributed by atoms with Gasteiger partial charge in [-0.1, -0.05) is 11.6 Å². The Kier molecular flexibility index (Phi) is 3.54. The molecule has 0 saturated carbocycles. The minimum Gasteiger partial charge on any atom is -0.297 e. The molecule has 0 spiro atoms. The van der Waals surface area contributed by atoms with E-state index in [-0.39, 0.29) is 6.04 Å². The van der Waals surface area contributed by atoms with Gasteiger partial charge in [0.25, 0.3) is 0 Å². The molecule has 0 saturated heterocycles. The molecular weight excluding hydrogens is 192 g/mol. The number of nitrogens with one attached hydrogen (secondary N) is 1. The summed E-state index contributed by atoms with van der Waals surface area (Å²) in [5.41, 5.74) is 0. The summed E-state index contributed by atoms with van der Waals surface area (Å²) in [7, 11) is 0. The van der Waals surface area contributed by atoms with Gasteiger partial charge in [0, 0.05) is 11.4 Å². The minimum absolute atomic E-state index is 0.106. The largest absolute Gasteiger partial charge is 0.297 e. The Balaban J connectivity index is 2.39. The predicted molar refractivity (Wildman–Crippen MR) is 51.2 cm³/mol. The maximum Gasteiger partial charge on any atom is 0.0931 e. The first kappa shape index (κ1) is 9.53. The van der Waals surface area contributed by atoms with Crippen molar-refractivity contribution >= 4 is 22.9 Å². The Bertz CT molecular complexity index is 289. The molecule has 0 radical (unpaired) electrons. The van der Waals surface area contributed by atoms with Crippen molar-refractivity contribution in [1.82, 2.24) is 5.32 Å². The molecule has 0 aliphatic rings. The predicted octanol–water partition coefficient (Wildman–Crippen LogP) is 2.40. The van der Waals surface area contributed by atoms with Gasteiger partial charge < -0.3 is 0 Å². The normalized spacial score (nSPS) is 12.4. The van der Waals surface area contributed by atoms with Gasteiger partial charge in [0.05, 0.1) is 16.4 Å². The van der Waals surface area contributed by atoms with Crippen molar-refractivity contribution in [3.63, 3.8) is 0 Å². The lowest BCUT2D eigenvalue weighted by atomic mass is 10.3. The van der Waals surface area contributed by atoms with Crippen LogP contribution in [0, 0.1) is 11.3 Å². The van der Waals surface area contributed by atoms with E-state index in [0.717, 1.165) is 9.21 Å². The summed E-state index contributed by atoms with van der Waals surface area (Å²) in [5.74, 6) is 0. The highest BCUT2D eigenvalue weighted by molar-refractivity contribution is 7.16. The van der Waals surface area contributed by atoms with Crippen molar-refractivity contribution in [3.8, 4) is 6.07 Å². The molecule has 1 atom stereocenters. The third kappa shape index (κ3) is 2.82. The maximum atomic E-state index is 8.48. The zero-order valence-electron chi connectivity index (χ0n) is 6.67. The standard InChI is InChI=1S/C8H9ClN2S/c1-6(4-10)11-5-7-2-3-8(9)12-7/h2-3,6,11H,5H2,1H3. The first-order valence-corrected chi connectivity index (χ1v) is 4.79. The van der Waals surface area contributed by atoms with Crippen molar-refractivity contribution in [2.45, 2.75) is 19.5 Å². The molecule has 1 aromatic heterocycles. The van der Waals surface area contributed by atoms with E-state index in [1.807, 2.05) is 19.1 Å². The van der Waals surface area contributed by atoms with Crippen LogP contribution in [0.15, 0.2) is 12.1 Å². The molecule has 0 bridgehead atoms.